The van der Waals surface area contributed by atoms with Crippen LogP contribution in [0, 0.1) is 11.2 Å². The fraction of sp³-hybridized carbons (Fsp3) is 0.400. The molecule has 1 aliphatic rings. The molecular weight excluding hydrogens is 506 g/mol. The van der Waals surface area contributed by atoms with Crippen LogP contribution in [-0.2, 0) is 20.8 Å². The number of anilines is 1. The number of amides is 2. The number of hydrogen-bond acceptors (Lipinski definition) is 4. The van der Waals surface area contributed by atoms with Gasteiger partial charge in [-0.3, -0.25) is 14.4 Å². The van der Waals surface area contributed by atoms with E-state index in [2.05, 4.69) is 10.6 Å². The summed E-state index contributed by atoms with van der Waals surface area (Å²) in [4.78, 5) is 38.6. The van der Waals surface area contributed by atoms with Crippen molar-refractivity contribution < 1.29 is 45.5 Å². The molecule has 1 aliphatic heterocycles. The van der Waals surface area contributed by atoms with E-state index in [1.807, 2.05) is 0 Å². The molecule has 37 heavy (non-hydrogen) atoms. The highest BCUT2D eigenvalue weighted by atomic mass is 19.4. The summed E-state index contributed by atoms with van der Waals surface area (Å²) in [6.45, 7) is 2.12. The number of nitrogens with one attached hydrogen (secondary N) is 2. The molecule has 0 radical (unpaired) electrons. The van der Waals surface area contributed by atoms with Crippen LogP contribution >= 0.6 is 0 Å². The lowest BCUT2D eigenvalue weighted by molar-refractivity contribution is -0.284. The van der Waals surface area contributed by atoms with Crippen LogP contribution in [0.15, 0.2) is 48.5 Å². The number of ketones is 1. The van der Waals surface area contributed by atoms with Crippen LogP contribution in [0.3, 0.4) is 0 Å². The van der Waals surface area contributed by atoms with Crippen molar-refractivity contribution in [3.63, 3.8) is 0 Å². The van der Waals surface area contributed by atoms with Gasteiger partial charge in [-0.25, -0.2) is 4.39 Å². The molecule has 2 aromatic carbocycles. The van der Waals surface area contributed by atoms with Crippen LogP contribution in [0.2, 0.25) is 0 Å². The molecule has 2 aromatic rings. The molecule has 0 saturated heterocycles. The van der Waals surface area contributed by atoms with Gasteiger partial charge in [0.15, 0.2) is 0 Å². The average molecular weight is 530 g/mol. The highest BCUT2D eigenvalue weighted by Crippen LogP contribution is 2.39. The van der Waals surface area contributed by atoms with E-state index >= 15 is 0 Å². The van der Waals surface area contributed by atoms with Crippen molar-refractivity contribution in [1.29, 1.82) is 0 Å². The zero-order valence-electron chi connectivity index (χ0n) is 19.8. The number of halogens is 6. The van der Waals surface area contributed by atoms with Crippen LogP contribution in [0.4, 0.5) is 32.0 Å². The number of hydrogen-bond donors (Lipinski definition) is 2. The summed E-state index contributed by atoms with van der Waals surface area (Å²) in [5.41, 5.74) is -1.33. The molecule has 0 fully saturated rings. The van der Waals surface area contributed by atoms with Gasteiger partial charge in [0.2, 0.25) is 5.91 Å². The lowest BCUT2D eigenvalue weighted by Crippen LogP contribution is -2.56. The fourth-order valence-corrected chi connectivity index (χ4v) is 3.65. The van der Waals surface area contributed by atoms with Crippen LogP contribution in [-0.4, -0.2) is 41.8 Å². The summed E-state index contributed by atoms with van der Waals surface area (Å²) in [5, 5.41) is 4.83. The number of rotatable bonds is 8. The zero-order chi connectivity index (χ0) is 27.6. The standard InChI is InChI=1S/C25H24F6N2O4/c1-23(2,19(34)10-11-24(27,28)25(29,30)31)22(36)33-20-18(12-14-6-4-3-5-7-14)37-17-9-8-15(26)13-16(17)32-21(20)35/h3-9,13,18,20H,10-12H2,1-2H3,(H,32,35)(H,33,36)/t18-,20+/m1/s1. The summed E-state index contributed by atoms with van der Waals surface area (Å²) in [5.74, 6) is -8.69. The largest absolute Gasteiger partial charge is 0.485 e. The van der Waals surface area contributed by atoms with E-state index in [0.717, 1.165) is 31.5 Å². The molecule has 0 unspecified atom stereocenters. The molecule has 0 saturated carbocycles. The van der Waals surface area contributed by atoms with Gasteiger partial charge in [0.1, 0.15) is 34.9 Å². The first-order chi connectivity index (χ1) is 17.1. The van der Waals surface area contributed by atoms with E-state index < -0.39 is 65.9 Å². The first kappa shape index (κ1) is 28.0. The Labute approximate surface area is 208 Å². The van der Waals surface area contributed by atoms with E-state index in [0.29, 0.717) is 0 Å². The predicted molar refractivity (Wildman–Crippen MR) is 121 cm³/mol. The number of benzene rings is 2. The molecule has 2 atom stereocenters. The van der Waals surface area contributed by atoms with E-state index in [1.165, 1.54) is 6.07 Å². The SMILES string of the molecule is CC(C)(C(=O)CCC(F)(F)C(F)(F)F)C(=O)N[C@@H]1C(=O)Nc2cc(F)ccc2O[C@@H]1Cc1ccccc1. The van der Waals surface area contributed by atoms with Crippen LogP contribution in [0.5, 0.6) is 5.75 Å². The van der Waals surface area contributed by atoms with E-state index in [1.54, 1.807) is 30.3 Å². The van der Waals surface area contributed by atoms with Gasteiger partial charge in [0.05, 0.1) is 5.69 Å². The minimum atomic E-state index is -5.84. The number of fused-ring (bicyclic) bond motifs is 1. The van der Waals surface area contributed by atoms with Crippen molar-refractivity contribution in [2.24, 2.45) is 5.41 Å². The van der Waals surface area contributed by atoms with Gasteiger partial charge in [-0.2, -0.15) is 22.0 Å². The predicted octanol–water partition coefficient (Wildman–Crippen LogP) is 4.83. The van der Waals surface area contributed by atoms with Gasteiger partial charge in [0.25, 0.3) is 5.91 Å². The first-order valence-electron chi connectivity index (χ1n) is 11.2. The van der Waals surface area contributed by atoms with Crippen molar-refractivity contribution in [2.45, 2.75) is 57.4 Å². The van der Waals surface area contributed by atoms with Gasteiger partial charge < -0.3 is 15.4 Å². The summed E-state index contributed by atoms with van der Waals surface area (Å²) in [6, 6.07) is 10.7. The van der Waals surface area contributed by atoms with Crippen LogP contribution in [0.1, 0.15) is 32.3 Å². The van der Waals surface area contributed by atoms with Gasteiger partial charge in [0, 0.05) is 25.3 Å². The second-order valence-corrected chi connectivity index (χ2v) is 9.18. The number of Topliss-reactive ketones (excluding diaryl/α,β-unsaturated/α-hetero) is 1. The minimum absolute atomic E-state index is 0.00419. The highest BCUT2D eigenvalue weighted by molar-refractivity contribution is 6.07. The van der Waals surface area contributed by atoms with E-state index in [-0.39, 0.29) is 17.9 Å². The Balaban J connectivity index is 1.83. The number of alkyl halides is 5. The fourth-order valence-electron chi connectivity index (χ4n) is 3.65. The smallest absolute Gasteiger partial charge is 0.453 e. The molecule has 2 N–H and O–H groups in total. The molecule has 0 aliphatic carbocycles. The Morgan fingerprint density at radius 3 is 2.30 bits per heavy atom. The van der Waals surface area contributed by atoms with E-state index in [9.17, 15) is 40.7 Å². The Kier molecular flexibility index (Phi) is 7.89. The Morgan fingerprint density at radius 1 is 1.03 bits per heavy atom. The molecule has 3 rings (SSSR count). The summed E-state index contributed by atoms with van der Waals surface area (Å²) < 4.78 is 83.7. The summed E-state index contributed by atoms with van der Waals surface area (Å²) in [6.07, 6.45) is -9.83. The maximum atomic E-state index is 13.7. The minimum Gasteiger partial charge on any atom is -0.485 e. The molecule has 200 valence electrons. The van der Waals surface area contributed by atoms with Crippen LogP contribution in [0.25, 0.3) is 0 Å². The molecule has 12 heteroatoms. The third kappa shape index (κ3) is 6.41. The summed E-state index contributed by atoms with van der Waals surface area (Å²) >= 11 is 0. The van der Waals surface area contributed by atoms with Crippen molar-refractivity contribution in [3.8, 4) is 5.75 Å². The Hall–Kier alpha value is -3.57. The lowest BCUT2D eigenvalue weighted by atomic mass is 9.83. The molecular formula is C25H24F6N2O4. The quantitative estimate of drug-likeness (QED) is 0.379. The Morgan fingerprint density at radius 2 is 1.68 bits per heavy atom. The monoisotopic (exact) mass is 530 g/mol. The van der Waals surface area contributed by atoms with Crippen molar-refractivity contribution >= 4 is 23.3 Å². The molecule has 1 heterocycles. The molecule has 0 spiro atoms. The first-order valence-corrected chi connectivity index (χ1v) is 11.2. The molecule has 0 aromatic heterocycles. The third-order valence-corrected chi connectivity index (χ3v) is 6.04. The van der Waals surface area contributed by atoms with Gasteiger partial charge in [-0.15, -0.1) is 0 Å². The maximum absolute atomic E-state index is 13.7. The topological polar surface area (TPSA) is 84.5 Å². The normalized spacial score (nSPS) is 18.2. The van der Waals surface area contributed by atoms with Crippen molar-refractivity contribution in [3.05, 3.63) is 59.9 Å². The van der Waals surface area contributed by atoms with Gasteiger partial charge >= 0.3 is 12.1 Å². The zero-order valence-corrected chi connectivity index (χ0v) is 19.8. The number of carbonyl (C=O) groups is 3. The van der Waals surface area contributed by atoms with Gasteiger partial charge in [-0.1, -0.05) is 30.3 Å². The molecule has 0 bridgehead atoms. The average Bonchev–Trinajstić information content (AvgIpc) is 2.93. The number of ether oxygens (including phenoxy) is 1. The Bertz CT molecular complexity index is 1170. The van der Waals surface area contributed by atoms with Crippen molar-refractivity contribution in [1.82, 2.24) is 5.32 Å². The maximum Gasteiger partial charge on any atom is 0.453 e. The molecule has 6 nitrogen and oxygen atoms in total. The molecule has 2 amide bonds. The van der Waals surface area contributed by atoms with Crippen LogP contribution < -0.4 is 15.4 Å². The van der Waals surface area contributed by atoms with Gasteiger partial charge in [-0.05, 0) is 31.5 Å². The second kappa shape index (κ2) is 10.4. The van der Waals surface area contributed by atoms with Crippen molar-refractivity contribution in [2.75, 3.05) is 5.32 Å². The lowest BCUT2D eigenvalue weighted by Gasteiger charge is -2.29. The van der Waals surface area contributed by atoms with E-state index in [4.69, 9.17) is 4.74 Å². The second-order valence-electron chi connectivity index (χ2n) is 9.18. The number of carbonyl (C=O) groups excluding carboxylic acids is 3. The third-order valence-electron chi connectivity index (χ3n) is 6.04. The highest BCUT2D eigenvalue weighted by Gasteiger charge is 2.57. The summed E-state index contributed by atoms with van der Waals surface area (Å²) in [7, 11) is 0.